The van der Waals surface area contributed by atoms with Crippen molar-refractivity contribution in [3.05, 3.63) is 29.8 Å². The summed E-state index contributed by atoms with van der Waals surface area (Å²) in [6, 6.07) is 5.22. The molecule has 7 nitrogen and oxygen atoms in total. The molecule has 0 saturated carbocycles. The Balaban J connectivity index is 2.75. The van der Waals surface area contributed by atoms with Gasteiger partial charge in [-0.15, -0.1) is 0 Å². The summed E-state index contributed by atoms with van der Waals surface area (Å²) in [6.45, 7) is 8.04. The van der Waals surface area contributed by atoms with E-state index in [1.54, 1.807) is 45.9 Å². The van der Waals surface area contributed by atoms with Gasteiger partial charge in [-0.05, 0) is 46.2 Å². The minimum atomic E-state index is -4.00. The third-order valence-corrected chi connectivity index (χ3v) is 4.25. The molecule has 0 aliphatic rings. The van der Waals surface area contributed by atoms with Crippen molar-refractivity contribution < 1.29 is 22.7 Å². The van der Waals surface area contributed by atoms with Crippen molar-refractivity contribution in [3.8, 4) is 0 Å². The largest absolute Gasteiger partial charge is 0.444 e. The third kappa shape index (κ3) is 5.90. The number of carbonyl (C=O) groups excluding carboxylic acids is 2. The summed E-state index contributed by atoms with van der Waals surface area (Å²) in [6.07, 6.45) is -0.798. The van der Waals surface area contributed by atoms with E-state index in [4.69, 9.17) is 4.74 Å². The summed E-state index contributed by atoms with van der Waals surface area (Å²) in [5, 5.41) is 2.29. The fraction of sp³-hybridized carbons (Fsp3) is 0.467. The number of nitrogens with one attached hydrogen (secondary N) is 2. The third-order valence-electron chi connectivity index (χ3n) is 2.74. The van der Waals surface area contributed by atoms with Crippen LogP contribution in [0.4, 0.5) is 4.79 Å². The molecule has 2 N–H and O–H groups in total. The second kappa shape index (κ2) is 6.99. The van der Waals surface area contributed by atoms with Crippen LogP contribution in [-0.4, -0.2) is 32.1 Å². The number of alkyl carbamates (subject to hydrolysis) is 1. The number of amides is 2. The first-order chi connectivity index (χ1) is 10.4. The number of sulfonamides is 1. The molecule has 0 aliphatic heterocycles. The van der Waals surface area contributed by atoms with Crippen molar-refractivity contribution in [1.29, 1.82) is 0 Å². The molecule has 0 saturated heterocycles. The van der Waals surface area contributed by atoms with Crippen LogP contribution in [-0.2, 0) is 19.6 Å². The number of rotatable bonds is 4. The molecule has 0 heterocycles. The van der Waals surface area contributed by atoms with E-state index in [2.05, 4.69) is 5.32 Å². The van der Waals surface area contributed by atoms with Crippen LogP contribution in [0.5, 0.6) is 0 Å². The number of aryl methyl sites for hydroxylation is 1. The van der Waals surface area contributed by atoms with E-state index in [0.717, 1.165) is 0 Å². The zero-order valence-corrected chi connectivity index (χ0v) is 14.7. The fourth-order valence-corrected chi connectivity index (χ4v) is 2.98. The molecule has 1 unspecified atom stereocenters. The van der Waals surface area contributed by atoms with Gasteiger partial charge in [0.2, 0.25) is 0 Å². The monoisotopic (exact) mass is 342 g/mol. The van der Waals surface area contributed by atoms with E-state index in [1.807, 2.05) is 4.72 Å². The highest BCUT2D eigenvalue weighted by Crippen LogP contribution is 2.13. The molecule has 0 bridgehead atoms. The number of hydrogen-bond donors (Lipinski definition) is 2. The molecule has 2 amide bonds. The number of ether oxygens (including phenoxy) is 1. The van der Waals surface area contributed by atoms with Crippen LogP contribution < -0.4 is 10.0 Å². The van der Waals surface area contributed by atoms with Gasteiger partial charge in [-0.2, -0.15) is 0 Å². The Labute approximate surface area is 136 Å². The van der Waals surface area contributed by atoms with Gasteiger partial charge >= 0.3 is 6.09 Å². The average molecular weight is 342 g/mol. The normalized spacial score (nSPS) is 13.1. The first-order valence-corrected chi connectivity index (χ1v) is 8.52. The molecule has 23 heavy (non-hydrogen) atoms. The topological polar surface area (TPSA) is 102 Å². The SMILES string of the molecule is Cc1ccccc1S(=O)(=O)NC(=O)C(C)NC(=O)OC(C)(C)C. The van der Waals surface area contributed by atoms with E-state index in [1.165, 1.54) is 13.0 Å². The molecule has 1 rings (SSSR count). The second-order valence-electron chi connectivity index (χ2n) is 6.10. The molecule has 1 aromatic rings. The maximum absolute atomic E-state index is 12.2. The first kappa shape index (κ1) is 19.0. The molecular weight excluding hydrogens is 320 g/mol. The summed E-state index contributed by atoms with van der Waals surface area (Å²) >= 11 is 0. The van der Waals surface area contributed by atoms with E-state index in [0.29, 0.717) is 5.56 Å². The van der Waals surface area contributed by atoms with Crippen LogP contribution in [0.3, 0.4) is 0 Å². The van der Waals surface area contributed by atoms with Gasteiger partial charge in [-0.25, -0.2) is 17.9 Å². The quantitative estimate of drug-likeness (QED) is 0.867. The second-order valence-corrected chi connectivity index (χ2v) is 7.75. The van der Waals surface area contributed by atoms with Gasteiger partial charge in [0, 0.05) is 0 Å². The molecule has 0 fully saturated rings. The molecule has 0 aromatic heterocycles. The van der Waals surface area contributed by atoms with Crippen molar-refractivity contribution >= 4 is 22.0 Å². The lowest BCUT2D eigenvalue weighted by atomic mass is 10.2. The van der Waals surface area contributed by atoms with Crippen LogP contribution in [0.25, 0.3) is 0 Å². The number of hydrogen-bond acceptors (Lipinski definition) is 5. The van der Waals surface area contributed by atoms with E-state index < -0.39 is 33.7 Å². The van der Waals surface area contributed by atoms with Crippen molar-refractivity contribution in [2.45, 2.75) is 51.2 Å². The Bertz CT molecular complexity index is 692. The van der Waals surface area contributed by atoms with Crippen LogP contribution in [0.1, 0.15) is 33.3 Å². The Hall–Kier alpha value is -2.09. The smallest absolute Gasteiger partial charge is 0.408 e. The van der Waals surface area contributed by atoms with Crippen molar-refractivity contribution in [1.82, 2.24) is 10.0 Å². The Morgan fingerprint density at radius 3 is 2.26 bits per heavy atom. The Morgan fingerprint density at radius 1 is 1.17 bits per heavy atom. The zero-order valence-electron chi connectivity index (χ0n) is 13.8. The van der Waals surface area contributed by atoms with Crippen LogP contribution >= 0.6 is 0 Å². The first-order valence-electron chi connectivity index (χ1n) is 7.04. The highest BCUT2D eigenvalue weighted by molar-refractivity contribution is 7.90. The molecule has 0 aliphatic carbocycles. The number of benzene rings is 1. The van der Waals surface area contributed by atoms with Gasteiger partial charge in [0.25, 0.3) is 15.9 Å². The summed E-state index contributed by atoms with van der Waals surface area (Å²) in [5.41, 5.74) is -0.200. The van der Waals surface area contributed by atoms with E-state index >= 15 is 0 Å². The van der Waals surface area contributed by atoms with Crippen molar-refractivity contribution in [2.24, 2.45) is 0 Å². The van der Waals surface area contributed by atoms with Gasteiger partial charge < -0.3 is 10.1 Å². The molecule has 0 radical (unpaired) electrons. The maximum Gasteiger partial charge on any atom is 0.408 e. The maximum atomic E-state index is 12.2. The van der Waals surface area contributed by atoms with Gasteiger partial charge in [-0.1, -0.05) is 18.2 Å². The minimum absolute atomic E-state index is 0.0119. The zero-order chi connectivity index (χ0) is 17.8. The molecule has 1 aromatic carbocycles. The molecule has 128 valence electrons. The summed E-state index contributed by atoms with van der Waals surface area (Å²) in [5.74, 6) is -0.848. The Morgan fingerprint density at radius 2 is 1.74 bits per heavy atom. The summed E-state index contributed by atoms with van der Waals surface area (Å²) < 4.78 is 31.4. The summed E-state index contributed by atoms with van der Waals surface area (Å²) in [4.78, 5) is 23.6. The highest BCUT2D eigenvalue weighted by atomic mass is 32.2. The van der Waals surface area contributed by atoms with Crippen LogP contribution in [0, 0.1) is 6.92 Å². The number of carbonyl (C=O) groups is 2. The van der Waals surface area contributed by atoms with E-state index in [9.17, 15) is 18.0 Å². The van der Waals surface area contributed by atoms with Crippen LogP contribution in [0.15, 0.2) is 29.2 Å². The minimum Gasteiger partial charge on any atom is -0.444 e. The molecule has 1 atom stereocenters. The fourth-order valence-electron chi connectivity index (χ4n) is 1.68. The summed E-state index contributed by atoms with van der Waals surface area (Å²) in [7, 11) is -4.00. The molecule has 8 heteroatoms. The van der Waals surface area contributed by atoms with Gasteiger partial charge in [0.1, 0.15) is 11.6 Å². The van der Waals surface area contributed by atoms with Crippen LogP contribution in [0.2, 0.25) is 0 Å². The average Bonchev–Trinajstić information content (AvgIpc) is 2.35. The lowest BCUT2D eigenvalue weighted by molar-refractivity contribution is -0.121. The lowest BCUT2D eigenvalue weighted by Gasteiger charge is -2.21. The van der Waals surface area contributed by atoms with Gasteiger partial charge in [0.05, 0.1) is 4.90 Å². The van der Waals surface area contributed by atoms with Gasteiger partial charge in [-0.3, -0.25) is 4.79 Å². The lowest BCUT2D eigenvalue weighted by Crippen LogP contribution is -2.48. The molecule has 0 spiro atoms. The predicted octanol–water partition coefficient (Wildman–Crippen LogP) is 1.71. The van der Waals surface area contributed by atoms with Crippen molar-refractivity contribution in [3.63, 3.8) is 0 Å². The standard InChI is InChI=1S/C15H22N2O5S/c1-10-8-6-7-9-12(10)23(20,21)17-13(18)11(2)16-14(19)22-15(3,4)5/h6-9,11H,1-5H3,(H,16,19)(H,17,18). The van der Waals surface area contributed by atoms with Gasteiger partial charge in [0.15, 0.2) is 0 Å². The van der Waals surface area contributed by atoms with Crippen molar-refractivity contribution in [2.75, 3.05) is 0 Å². The van der Waals surface area contributed by atoms with E-state index in [-0.39, 0.29) is 4.90 Å². The predicted molar refractivity (Wildman–Crippen MR) is 85.3 cm³/mol. The Kier molecular flexibility index (Phi) is 5.76. The molecular formula is C15H22N2O5S. The highest BCUT2D eigenvalue weighted by Gasteiger charge is 2.25.